The van der Waals surface area contributed by atoms with E-state index in [1.54, 1.807) is 18.2 Å². The van der Waals surface area contributed by atoms with E-state index in [0.717, 1.165) is 6.42 Å². The largest absolute Gasteiger partial charge is 0.490 e. The van der Waals surface area contributed by atoms with Crippen LogP contribution in [0.4, 0.5) is 0 Å². The summed E-state index contributed by atoms with van der Waals surface area (Å²) in [6.07, 6.45) is 1.90. The first-order valence-electron chi connectivity index (χ1n) is 4.78. The summed E-state index contributed by atoms with van der Waals surface area (Å²) in [5.41, 5.74) is 0. The van der Waals surface area contributed by atoms with Crippen molar-refractivity contribution in [1.29, 1.82) is 0 Å². The van der Waals surface area contributed by atoms with E-state index >= 15 is 0 Å². The number of rotatable bonds is 2. The average molecular weight is 245 g/mol. The van der Waals surface area contributed by atoms with E-state index in [9.17, 15) is 4.79 Å². The van der Waals surface area contributed by atoms with Crippen LogP contribution in [-0.4, -0.2) is 11.9 Å². The first-order chi connectivity index (χ1) is 7.15. The maximum absolute atomic E-state index is 11.0. The summed E-state index contributed by atoms with van der Waals surface area (Å²) in [5.74, 6) is 0.934. The Hall–Kier alpha value is -0.730. The van der Waals surface area contributed by atoms with Crippen LogP contribution in [0.1, 0.15) is 19.3 Å². The molecule has 1 aliphatic carbocycles. The summed E-state index contributed by atoms with van der Waals surface area (Å²) in [5, 5.41) is 0.977. The fourth-order valence-electron chi connectivity index (χ4n) is 1.62. The van der Waals surface area contributed by atoms with Gasteiger partial charge in [0.05, 0.1) is 10.0 Å². The number of hydrogen-bond acceptors (Lipinski definition) is 2. The Morgan fingerprint density at radius 2 is 2.07 bits per heavy atom. The molecule has 0 N–H and O–H groups in total. The minimum atomic E-state index is -0.00487. The van der Waals surface area contributed by atoms with Crippen LogP contribution in [0.15, 0.2) is 18.2 Å². The second-order valence-corrected chi connectivity index (χ2v) is 4.41. The number of ether oxygens (including phenoxy) is 1. The van der Waals surface area contributed by atoms with Crippen LogP contribution in [0.2, 0.25) is 10.0 Å². The van der Waals surface area contributed by atoms with Gasteiger partial charge in [0, 0.05) is 18.9 Å². The third-order valence-electron chi connectivity index (χ3n) is 2.39. The van der Waals surface area contributed by atoms with Crippen molar-refractivity contribution in [3.8, 4) is 5.75 Å². The summed E-state index contributed by atoms with van der Waals surface area (Å²) in [4.78, 5) is 11.0. The molecule has 0 aromatic heterocycles. The van der Waals surface area contributed by atoms with Crippen molar-refractivity contribution in [2.75, 3.05) is 0 Å². The predicted octanol–water partition coefficient (Wildman–Crippen LogP) is 3.49. The van der Waals surface area contributed by atoms with Crippen molar-refractivity contribution in [2.24, 2.45) is 0 Å². The van der Waals surface area contributed by atoms with Crippen LogP contribution in [0.25, 0.3) is 0 Å². The second-order valence-electron chi connectivity index (χ2n) is 3.60. The molecule has 0 heterocycles. The smallest absolute Gasteiger partial charge is 0.136 e. The zero-order chi connectivity index (χ0) is 10.8. The van der Waals surface area contributed by atoms with Gasteiger partial charge in [-0.25, -0.2) is 0 Å². The fourth-order valence-corrected chi connectivity index (χ4v) is 1.91. The molecule has 15 heavy (non-hydrogen) atoms. The lowest BCUT2D eigenvalue weighted by Crippen LogP contribution is -2.11. The monoisotopic (exact) mass is 244 g/mol. The van der Waals surface area contributed by atoms with Crippen molar-refractivity contribution < 1.29 is 9.53 Å². The van der Waals surface area contributed by atoms with Crippen LogP contribution in [-0.2, 0) is 4.79 Å². The third-order valence-corrected chi connectivity index (χ3v) is 3.13. The van der Waals surface area contributed by atoms with E-state index in [4.69, 9.17) is 27.9 Å². The molecule has 0 bridgehead atoms. The first-order valence-corrected chi connectivity index (χ1v) is 5.54. The Kier molecular flexibility index (Phi) is 3.17. The Morgan fingerprint density at radius 1 is 1.27 bits per heavy atom. The van der Waals surface area contributed by atoms with Gasteiger partial charge in [0.25, 0.3) is 0 Å². The molecular weight excluding hydrogens is 235 g/mol. The van der Waals surface area contributed by atoms with E-state index in [2.05, 4.69) is 0 Å². The van der Waals surface area contributed by atoms with E-state index in [-0.39, 0.29) is 11.9 Å². The number of carbonyl (C=O) groups excluding carboxylic acids is 1. The molecule has 0 aliphatic heterocycles. The molecule has 0 amide bonds. The van der Waals surface area contributed by atoms with Gasteiger partial charge in [0.15, 0.2) is 0 Å². The maximum Gasteiger partial charge on any atom is 0.136 e. The normalized spacial score (nSPS) is 20.7. The highest BCUT2D eigenvalue weighted by molar-refractivity contribution is 6.42. The minimum Gasteiger partial charge on any atom is -0.490 e. The standard InChI is InChI=1S/C11H10Cl2O2/c12-10-4-3-9(6-11(10)13)15-8-2-1-7(14)5-8/h3-4,6,8H,1-2,5H2. The highest BCUT2D eigenvalue weighted by Gasteiger charge is 2.23. The van der Waals surface area contributed by atoms with Gasteiger partial charge >= 0.3 is 0 Å². The molecule has 1 aliphatic rings. The molecule has 2 rings (SSSR count). The van der Waals surface area contributed by atoms with E-state index in [1.165, 1.54) is 0 Å². The van der Waals surface area contributed by atoms with Crippen LogP contribution >= 0.6 is 23.2 Å². The SMILES string of the molecule is O=C1CCC(Oc2ccc(Cl)c(Cl)c2)C1. The molecule has 1 atom stereocenters. The van der Waals surface area contributed by atoms with Crippen LogP contribution < -0.4 is 4.74 Å². The predicted molar refractivity (Wildman–Crippen MR) is 59.7 cm³/mol. The Morgan fingerprint density at radius 3 is 2.67 bits per heavy atom. The first kappa shape index (κ1) is 10.8. The summed E-state index contributed by atoms with van der Waals surface area (Å²) >= 11 is 11.6. The van der Waals surface area contributed by atoms with Gasteiger partial charge in [-0.3, -0.25) is 4.79 Å². The highest BCUT2D eigenvalue weighted by atomic mass is 35.5. The van der Waals surface area contributed by atoms with Gasteiger partial charge < -0.3 is 4.74 Å². The highest BCUT2D eigenvalue weighted by Crippen LogP contribution is 2.28. The molecule has 80 valence electrons. The molecule has 1 aromatic carbocycles. The molecule has 1 saturated carbocycles. The van der Waals surface area contributed by atoms with Crippen molar-refractivity contribution in [3.05, 3.63) is 28.2 Å². The lowest BCUT2D eigenvalue weighted by atomic mass is 10.3. The molecule has 0 radical (unpaired) electrons. The summed E-state index contributed by atoms with van der Waals surface area (Å²) < 4.78 is 5.62. The molecule has 0 spiro atoms. The van der Waals surface area contributed by atoms with Crippen LogP contribution in [0.3, 0.4) is 0 Å². The zero-order valence-electron chi connectivity index (χ0n) is 8.00. The summed E-state index contributed by atoms with van der Waals surface area (Å²) in [7, 11) is 0. The summed E-state index contributed by atoms with van der Waals surface area (Å²) in [6, 6.07) is 5.12. The summed E-state index contributed by atoms with van der Waals surface area (Å²) in [6.45, 7) is 0. The second kappa shape index (κ2) is 4.42. The van der Waals surface area contributed by atoms with Gasteiger partial charge in [-0.1, -0.05) is 23.2 Å². The quantitative estimate of drug-likeness (QED) is 0.797. The molecule has 1 fully saturated rings. The van der Waals surface area contributed by atoms with E-state index in [0.29, 0.717) is 28.6 Å². The van der Waals surface area contributed by atoms with E-state index < -0.39 is 0 Å². The van der Waals surface area contributed by atoms with Crippen LogP contribution in [0.5, 0.6) is 5.75 Å². The molecule has 1 unspecified atom stereocenters. The van der Waals surface area contributed by atoms with Crippen molar-refractivity contribution in [2.45, 2.75) is 25.4 Å². The lowest BCUT2D eigenvalue weighted by Gasteiger charge is -2.12. The topological polar surface area (TPSA) is 26.3 Å². The van der Waals surface area contributed by atoms with Gasteiger partial charge in [0.1, 0.15) is 17.6 Å². The van der Waals surface area contributed by atoms with Gasteiger partial charge in [0.2, 0.25) is 0 Å². The molecule has 0 saturated heterocycles. The Balaban J connectivity index is 2.05. The minimum absolute atomic E-state index is 0.00487. The van der Waals surface area contributed by atoms with E-state index in [1.807, 2.05) is 0 Å². The number of carbonyl (C=O) groups is 1. The maximum atomic E-state index is 11.0. The van der Waals surface area contributed by atoms with Gasteiger partial charge in [-0.15, -0.1) is 0 Å². The lowest BCUT2D eigenvalue weighted by molar-refractivity contribution is -0.117. The van der Waals surface area contributed by atoms with Gasteiger partial charge in [-0.2, -0.15) is 0 Å². The molecule has 4 heteroatoms. The number of ketones is 1. The van der Waals surface area contributed by atoms with Crippen molar-refractivity contribution in [3.63, 3.8) is 0 Å². The molecular formula is C11H10Cl2O2. The average Bonchev–Trinajstić information content (AvgIpc) is 2.58. The number of halogens is 2. The zero-order valence-corrected chi connectivity index (χ0v) is 9.52. The fraction of sp³-hybridized carbons (Fsp3) is 0.364. The number of benzene rings is 1. The number of hydrogen-bond donors (Lipinski definition) is 0. The molecule has 1 aromatic rings. The van der Waals surface area contributed by atoms with Crippen molar-refractivity contribution in [1.82, 2.24) is 0 Å². The van der Waals surface area contributed by atoms with Gasteiger partial charge in [-0.05, 0) is 18.6 Å². The third kappa shape index (κ3) is 2.64. The Bertz CT molecular complexity index is 390. The molecule has 2 nitrogen and oxygen atoms in total. The van der Waals surface area contributed by atoms with Crippen molar-refractivity contribution >= 4 is 29.0 Å². The Labute approximate surface area is 98.1 Å². The van der Waals surface area contributed by atoms with Crippen LogP contribution in [0, 0.1) is 0 Å². The number of Topliss-reactive ketones (excluding diaryl/α,β-unsaturated/α-hetero) is 1.